The van der Waals surface area contributed by atoms with Crippen LogP contribution in [0.2, 0.25) is 0 Å². The van der Waals surface area contributed by atoms with Crippen LogP contribution in [0.5, 0.6) is 0 Å². The molecular weight excluding hydrogens is 472 g/mol. The summed E-state index contributed by atoms with van der Waals surface area (Å²) in [6.07, 6.45) is 0. The zero-order valence-corrected chi connectivity index (χ0v) is 20.0. The van der Waals surface area contributed by atoms with Gasteiger partial charge in [-0.05, 0) is 79.1 Å². The summed E-state index contributed by atoms with van der Waals surface area (Å²) in [6, 6.07) is 5.21. The van der Waals surface area contributed by atoms with Crippen LogP contribution in [0.3, 0.4) is 0 Å². The monoisotopic (exact) mass is 512 g/mol. The molecular formula is C38H24O. The minimum Gasteiger partial charge on any atom is -0.456 e. The first-order valence-corrected chi connectivity index (χ1v) is 12.0. The molecule has 8 rings (SSSR count). The topological polar surface area (TPSA) is 13.1 Å². The summed E-state index contributed by atoms with van der Waals surface area (Å²) in [5.74, 6) is 0. The number of hydrogen-bond donors (Lipinski definition) is 0. The maximum atomic E-state index is 9.17. The highest BCUT2D eigenvalue weighted by Gasteiger charge is 2.17. The van der Waals surface area contributed by atoms with Gasteiger partial charge in [0.2, 0.25) is 0 Å². The fraction of sp³-hybridized carbons (Fsp3) is 0. The van der Waals surface area contributed by atoms with Crippen LogP contribution in [0.15, 0.2) is 150 Å². The van der Waals surface area contributed by atoms with Gasteiger partial charge < -0.3 is 4.42 Å². The molecule has 0 radical (unpaired) electrons. The van der Waals surface area contributed by atoms with Gasteiger partial charge in [0.15, 0.2) is 0 Å². The van der Waals surface area contributed by atoms with Gasteiger partial charge in [0.25, 0.3) is 0 Å². The molecule has 0 bridgehead atoms. The Morgan fingerprint density at radius 2 is 1.00 bits per heavy atom. The van der Waals surface area contributed by atoms with Crippen LogP contribution in [-0.4, -0.2) is 0 Å². The summed E-state index contributed by atoms with van der Waals surface area (Å²) in [6.45, 7) is 0. The Hall–Kier alpha value is -5.14. The van der Waals surface area contributed by atoms with Gasteiger partial charge in [0.1, 0.15) is 11.2 Å². The van der Waals surface area contributed by atoms with Gasteiger partial charge in [0, 0.05) is 10.8 Å². The van der Waals surface area contributed by atoms with Crippen LogP contribution in [-0.2, 0) is 0 Å². The third kappa shape index (κ3) is 3.48. The smallest absolute Gasteiger partial charge is 0.136 e. The standard InChI is InChI=1S/C38H24O/c1-2-11-25(12-3-1)37-31-16-4-6-18-33(31)38(34-19-7-5-17-32(34)37)28-14-10-13-26(23-28)27-21-22-30-29-15-8-9-20-35(29)39-36(30)24-27/h1-24H/i1D,2D,3D,4D,5D,6D,7D,8D,9D,11D,12D,15D,20D,21D,22D,24D. The first kappa shape index (κ1) is 11.3. The zero-order valence-electron chi connectivity index (χ0n) is 36.0. The molecule has 1 heterocycles. The lowest BCUT2D eigenvalue weighted by molar-refractivity contribution is 0.669. The molecule has 0 aliphatic carbocycles. The Bertz CT molecular complexity index is 2960. The molecule has 0 aliphatic heterocycles. The van der Waals surface area contributed by atoms with Crippen molar-refractivity contribution >= 4 is 43.5 Å². The lowest BCUT2D eigenvalue weighted by atomic mass is 9.85. The van der Waals surface area contributed by atoms with Crippen molar-refractivity contribution in [1.82, 2.24) is 0 Å². The summed E-state index contributed by atoms with van der Waals surface area (Å²) >= 11 is 0. The molecule has 0 atom stereocenters. The van der Waals surface area contributed by atoms with Gasteiger partial charge in [0.05, 0.1) is 21.9 Å². The summed E-state index contributed by atoms with van der Waals surface area (Å²) in [7, 11) is 0. The van der Waals surface area contributed by atoms with Crippen molar-refractivity contribution < 1.29 is 26.3 Å². The molecule has 0 fully saturated rings. The van der Waals surface area contributed by atoms with Gasteiger partial charge in [-0.1, -0.05) is 121 Å². The molecule has 0 saturated heterocycles. The second-order valence-corrected chi connectivity index (χ2v) is 8.90. The van der Waals surface area contributed by atoms with E-state index in [4.69, 9.17) is 26.3 Å². The quantitative estimate of drug-likeness (QED) is 0.215. The van der Waals surface area contributed by atoms with Gasteiger partial charge in [-0.3, -0.25) is 0 Å². The van der Waals surface area contributed by atoms with Crippen LogP contribution in [0.1, 0.15) is 21.9 Å². The predicted molar refractivity (Wildman–Crippen MR) is 165 cm³/mol. The molecule has 8 aromatic rings. The van der Waals surface area contributed by atoms with Gasteiger partial charge in [-0.15, -0.1) is 0 Å². The van der Waals surface area contributed by atoms with E-state index < -0.39 is 66.5 Å². The Balaban J connectivity index is 1.49. The van der Waals surface area contributed by atoms with Crippen molar-refractivity contribution in [2.24, 2.45) is 0 Å². The molecule has 1 nitrogen and oxygen atoms in total. The predicted octanol–water partition coefficient (Wildman–Crippen LogP) is 10.9. The van der Waals surface area contributed by atoms with Crippen molar-refractivity contribution in [3.8, 4) is 33.4 Å². The van der Waals surface area contributed by atoms with E-state index in [-0.39, 0.29) is 85.2 Å². The van der Waals surface area contributed by atoms with Crippen molar-refractivity contribution in [1.29, 1.82) is 0 Å². The summed E-state index contributed by atoms with van der Waals surface area (Å²) < 4.78 is 143. The van der Waals surface area contributed by atoms with Crippen LogP contribution in [0.25, 0.3) is 76.9 Å². The highest BCUT2D eigenvalue weighted by molar-refractivity contribution is 6.21. The van der Waals surface area contributed by atoms with E-state index in [2.05, 4.69) is 0 Å². The molecule has 1 aromatic heterocycles. The number of furan rings is 1. The highest BCUT2D eigenvalue weighted by Crippen LogP contribution is 2.44. The molecule has 7 aromatic carbocycles. The van der Waals surface area contributed by atoms with E-state index in [1.807, 2.05) is 0 Å². The molecule has 39 heavy (non-hydrogen) atoms. The van der Waals surface area contributed by atoms with E-state index in [9.17, 15) is 0 Å². The number of para-hydroxylation sites is 1. The van der Waals surface area contributed by atoms with Crippen molar-refractivity contribution in [2.45, 2.75) is 0 Å². The van der Waals surface area contributed by atoms with Crippen LogP contribution in [0, 0.1) is 0 Å². The maximum Gasteiger partial charge on any atom is 0.136 e. The zero-order chi connectivity index (χ0) is 39.7. The second-order valence-electron chi connectivity index (χ2n) is 8.90. The van der Waals surface area contributed by atoms with Crippen molar-refractivity contribution in [2.75, 3.05) is 0 Å². The number of rotatable bonds is 3. The molecule has 0 N–H and O–H groups in total. The fourth-order valence-corrected chi connectivity index (χ4v) is 5.11. The average Bonchev–Trinajstić information content (AvgIpc) is 3.57. The van der Waals surface area contributed by atoms with E-state index in [1.54, 1.807) is 24.3 Å². The fourth-order valence-electron chi connectivity index (χ4n) is 5.11. The highest BCUT2D eigenvalue weighted by atomic mass is 16.3. The van der Waals surface area contributed by atoms with Crippen LogP contribution in [0.4, 0.5) is 0 Å². The minimum atomic E-state index is -0.605. The Morgan fingerprint density at radius 3 is 1.72 bits per heavy atom. The van der Waals surface area contributed by atoms with Gasteiger partial charge in [-0.2, -0.15) is 0 Å². The van der Waals surface area contributed by atoms with Crippen LogP contribution >= 0.6 is 0 Å². The second kappa shape index (κ2) is 8.72. The summed E-state index contributed by atoms with van der Waals surface area (Å²) in [5.41, 5.74) is 0.529. The van der Waals surface area contributed by atoms with Crippen molar-refractivity contribution in [3.05, 3.63) is 145 Å². The molecule has 0 aliphatic rings. The first-order valence-electron chi connectivity index (χ1n) is 20.0. The number of fused-ring (bicyclic) bond motifs is 5. The largest absolute Gasteiger partial charge is 0.456 e. The van der Waals surface area contributed by atoms with E-state index in [1.165, 1.54) is 24.3 Å². The molecule has 0 amide bonds. The van der Waals surface area contributed by atoms with E-state index in [0.29, 0.717) is 21.9 Å². The Kier molecular flexibility index (Phi) is 2.53. The summed E-state index contributed by atoms with van der Waals surface area (Å²) in [4.78, 5) is 0. The maximum absolute atomic E-state index is 9.17. The van der Waals surface area contributed by atoms with E-state index in [0.717, 1.165) is 0 Å². The summed E-state index contributed by atoms with van der Waals surface area (Å²) in [5, 5.41) is 0.914. The third-order valence-electron chi connectivity index (χ3n) is 6.77. The SMILES string of the molecule is [2H]c1cc2c(-c3cccc(-c4c([2H])c([2H])c5c(oc6c([2H])c([2H])c([2H])c([2H])c65)c4[2H])c3)c3cc([2H])c([2H])cc3c(-c3c([2H])c([2H])c([2H])c([2H])c3[2H])c2cc1[2H]. The Labute approximate surface area is 249 Å². The average molecular weight is 513 g/mol. The number of benzene rings is 7. The normalized spacial score (nSPS) is 17.3. The molecule has 0 saturated carbocycles. The molecule has 1 heteroatoms. The molecule has 0 unspecified atom stereocenters. The molecule has 182 valence electrons. The van der Waals surface area contributed by atoms with Gasteiger partial charge >= 0.3 is 0 Å². The van der Waals surface area contributed by atoms with Crippen molar-refractivity contribution in [3.63, 3.8) is 0 Å². The molecule has 0 spiro atoms. The first-order chi connectivity index (χ1) is 26.0. The van der Waals surface area contributed by atoms with Crippen LogP contribution < -0.4 is 0 Å². The lowest BCUT2D eigenvalue weighted by Gasteiger charge is -2.18. The Morgan fingerprint density at radius 1 is 0.410 bits per heavy atom. The van der Waals surface area contributed by atoms with Gasteiger partial charge in [-0.25, -0.2) is 0 Å². The van der Waals surface area contributed by atoms with E-state index >= 15 is 0 Å². The lowest BCUT2D eigenvalue weighted by Crippen LogP contribution is -1.91. The third-order valence-corrected chi connectivity index (χ3v) is 6.77. The number of hydrogen-bond acceptors (Lipinski definition) is 1. The minimum absolute atomic E-state index is 0.0396.